The molecule has 8 heteroatoms. The molecule has 4 N–H and O–H groups in total. The Labute approximate surface area is 148 Å². The first-order chi connectivity index (χ1) is 11.6. The largest absolute Gasteiger partial charge is 0.382 e. The topological polar surface area (TPSA) is 90.0 Å². The van der Waals surface area contributed by atoms with Crippen molar-refractivity contribution in [2.75, 3.05) is 25.9 Å². The van der Waals surface area contributed by atoms with Crippen molar-refractivity contribution in [3.63, 3.8) is 0 Å². The van der Waals surface area contributed by atoms with Crippen LogP contribution in [0.15, 0.2) is 6.07 Å². The molecule has 0 unspecified atom stereocenters. The maximum atomic E-state index is 6.03. The zero-order valence-corrected chi connectivity index (χ0v) is 15.4. The van der Waals surface area contributed by atoms with Crippen LogP contribution >= 0.6 is 12.2 Å². The Morgan fingerprint density at radius 1 is 1.38 bits per heavy atom. The van der Waals surface area contributed by atoms with Crippen LogP contribution in [0, 0.1) is 6.92 Å². The zero-order chi connectivity index (χ0) is 17.5. The van der Waals surface area contributed by atoms with Crippen LogP contribution in [0.1, 0.15) is 31.3 Å². The number of hydrogen-bond acceptors (Lipinski definition) is 5. The predicted octanol–water partition coefficient (Wildman–Crippen LogP) is 1.73. The van der Waals surface area contributed by atoms with Gasteiger partial charge in [-0.05, 0) is 45.0 Å². The number of rotatable bonds is 8. The van der Waals surface area contributed by atoms with Crippen molar-refractivity contribution in [2.24, 2.45) is 0 Å². The fourth-order valence-electron chi connectivity index (χ4n) is 2.56. The number of nitrogen functional groups attached to an aromatic ring is 1. The molecule has 0 radical (unpaired) electrons. The van der Waals surface area contributed by atoms with Crippen molar-refractivity contribution in [2.45, 2.75) is 39.8 Å². The van der Waals surface area contributed by atoms with Crippen LogP contribution in [0.2, 0.25) is 0 Å². The zero-order valence-electron chi connectivity index (χ0n) is 14.6. The van der Waals surface area contributed by atoms with Crippen LogP contribution in [0.25, 0.3) is 11.0 Å². The Morgan fingerprint density at radius 3 is 2.88 bits per heavy atom. The molecule has 2 aromatic heterocycles. The molecular weight excluding hydrogens is 324 g/mol. The average molecular weight is 350 g/mol. The summed E-state index contributed by atoms with van der Waals surface area (Å²) < 4.78 is 7.74. The number of imidazole rings is 1. The molecule has 0 atom stereocenters. The molecule has 0 amide bonds. The van der Waals surface area contributed by atoms with Gasteiger partial charge in [-0.1, -0.05) is 0 Å². The first-order valence-corrected chi connectivity index (χ1v) is 8.63. The van der Waals surface area contributed by atoms with Gasteiger partial charge in [-0.2, -0.15) is 0 Å². The third kappa shape index (κ3) is 4.55. The fraction of sp³-hybridized carbons (Fsp3) is 0.562. The number of pyridine rings is 1. The highest BCUT2D eigenvalue weighted by molar-refractivity contribution is 7.80. The van der Waals surface area contributed by atoms with Crippen LogP contribution < -0.4 is 16.4 Å². The monoisotopic (exact) mass is 350 g/mol. The summed E-state index contributed by atoms with van der Waals surface area (Å²) in [6.45, 7) is 6.75. The summed E-state index contributed by atoms with van der Waals surface area (Å²) in [5.74, 6) is 1.37. The first kappa shape index (κ1) is 18.4. The summed E-state index contributed by atoms with van der Waals surface area (Å²) in [7, 11) is 1.81. The Kier molecular flexibility index (Phi) is 6.74. The number of nitrogens with one attached hydrogen (secondary N) is 2. The van der Waals surface area contributed by atoms with E-state index in [1.165, 1.54) is 0 Å². The van der Waals surface area contributed by atoms with Crippen LogP contribution in [-0.4, -0.2) is 39.8 Å². The Morgan fingerprint density at radius 2 is 2.17 bits per heavy atom. The summed E-state index contributed by atoms with van der Waals surface area (Å²) in [6, 6.07) is 2.03. The molecule has 0 fully saturated rings. The van der Waals surface area contributed by atoms with Crippen LogP contribution in [-0.2, 0) is 17.9 Å². The van der Waals surface area contributed by atoms with Crippen LogP contribution in [0.3, 0.4) is 0 Å². The number of thiocarbonyl (C=S) groups is 1. The van der Waals surface area contributed by atoms with E-state index in [0.717, 1.165) is 48.5 Å². The molecule has 0 spiro atoms. The second-order valence-electron chi connectivity index (χ2n) is 5.55. The fourth-order valence-corrected chi connectivity index (χ4v) is 2.66. The molecule has 0 bridgehead atoms. The van der Waals surface area contributed by atoms with Crippen molar-refractivity contribution in [3.8, 4) is 0 Å². The highest BCUT2D eigenvalue weighted by atomic mass is 32.1. The molecule has 0 aliphatic heterocycles. The standard InChI is InChI=1S/C16H26N6OS/c1-4-23-10-13-21-14-12(9-11(2)20-15(14)17)22(13)8-6-5-7-19-16(24)18-3/h9H,4-8,10H2,1-3H3,(H2,17,20)(H2,18,19,24). The maximum Gasteiger partial charge on any atom is 0.166 e. The van der Waals surface area contributed by atoms with Crippen molar-refractivity contribution < 1.29 is 4.74 Å². The van der Waals surface area contributed by atoms with Crippen molar-refractivity contribution in [1.29, 1.82) is 0 Å². The summed E-state index contributed by atoms with van der Waals surface area (Å²) in [6.07, 6.45) is 2.01. The van der Waals surface area contributed by atoms with Gasteiger partial charge in [0.2, 0.25) is 0 Å². The number of anilines is 1. The summed E-state index contributed by atoms with van der Waals surface area (Å²) in [5, 5.41) is 6.74. The maximum absolute atomic E-state index is 6.03. The molecular formula is C16H26N6OS. The van der Waals surface area contributed by atoms with Crippen molar-refractivity contribution >= 4 is 34.2 Å². The van der Waals surface area contributed by atoms with E-state index in [9.17, 15) is 0 Å². The Hall–Kier alpha value is -1.93. The smallest absolute Gasteiger partial charge is 0.166 e. The third-order valence-corrected chi connectivity index (χ3v) is 4.08. The number of ether oxygens (including phenoxy) is 1. The lowest BCUT2D eigenvalue weighted by Crippen LogP contribution is -2.33. The molecule has 7 nitrogen and oxygen atoms in total. The van der Waals surface area contributed by atoms with E-state index < -0.39 is 0 Å². The highest BCUT2D eigenvalue weighted by Crippen LogP contribution is 2.22. The number of nitrogens with zero attached hydrogens (tertiary/aromatic N) is 3. The number of fused-ring (bicyclic) bond motifs is 1. The minimum Gasteiger partial charge on any atom is -0.382 e. The van der Waals surface area contributed by atoms with E-state index in [-0.39, 0.29) is 0 Å². The van der Waals surface area contributed by atoms with Gasteiger partial charge in [0.1, 0.15) is 17.9 Å². The SMILES string of the molecule is CCOCc1nc2c(N)nc(C)cc2n1CCCCNC(=S)NC. The molecule has 2 aromatic rings. The van der Waals surface area contributed by atoms with Gasteiger partial charge >= 0.3 is 0 Å². The number of unbranched alkanes of at least 4 members (excludes halogenated alkanes) is 1. The number of aromatic nitrogens is 3. The van der Waals surface area contributed by atoms with Crippen LogP contribution in [0.4, 0.5) is 5.82 Å². The average Bonchev–Trinajstić information content (AvgIpc) is 2.90. The lowest BCUT2D eigenvalue weighted by Gasteiger charge is -2.11. The van der Waals surface area contributed by atoms with Gasteiger partial charge in [-0.15, -0.1) is 0 Å². The van der Waals surface area contributed by atoms with E-state index in [4.69, 9.17) is 22.7 Å². The lowest BCUT2D eigenvalue weighted by atomic mass is 10.2. The number of aryl methyl sites for hydroxylation is 2. The summed E-state index contributed by atoms with van der Waals surface area (Å²) in [4.78, 5) is 8.94. The van der Waals surface area contributed by atoms with E-state index in [1.54, 1.807) is 0 Å². The number of hydrogen-bond donors (Lipinski definition) is 3. The highest BCUT2D eigenvalue weighted by Gasteiger charge is 2.14. The van der Waals surface area contributed by atoms with Gasteiger partial charge in [-0.3, -0.25) is 0 Å². The molecule has 0 saturated carbocycles. The van der Waals surface area contributed by atoms with Gasteiger partial charge in [-0.25, -0.2) is 9.97 Å². The van der Waals surface area contributed by atoms with Gasteiger partial charge in [0.05, 0.1) is 5.52 Å². The van der Waals surface area contributed by atoms with Gasteiger partial charge < -0.3 is 25.7 Å². The molecule has 2 rings (SSSR count). The third-order valence-electron chi connectivity index (χ3n) is 3.73. The molecule has 2 heterocycles. The van der Waals surface area contributed by atoms with Crippen molar-refractivity contribution in [3.05, 3.63) is 17.6 Å². The molecule has 24 heavy (non-hydrogen) atoms. The second-order valence-corrected chi connectivity index (χ2v) is 5.95. The molecule has 0 aliphatic rings. The normalized spacial score (nSPS) is 11.0. The molecule has 0 aromatic carbocycles. The van der Waals surface area contributed by atoms with E-state index in [1.807, 2.05) is 27.0 Å². The summed E-state index contributed by atoms with van der Waals surface area (Å²) >= 11 is 5.07. The quantitative estimate of drug-likeness (QED) is 0.493. The van der Waals surface area contributed by atoms with E-state index in [2.05, 4.69) is 25.2 Å². The molecule has 132 valence electrons. The number of nitrogens with two attached hydrogens (primary N) is 1. The second kappa shape index (κ2) is 8.79. The molecule has 0 saturated heterocycles. The Bertz CT molecular complexity index is 699. The molecule has 0 aliphatic carbocycles. The van der Waals surface area contributed by atoms with Crippen LogP contribution in [0.5, 0.6) is 0 Å². The minimum absolute atomic E-state index is 0.475. The van der Waals surface area contributed by atoms with Gasteiger partial charge in [0.15, 0.2) is 10.9 Å². The van der Waals surface area contributed by atoms with Gasteiger partial charge in [0.25, 0.3) is 0 Å². The van der Waals surface area contributed by atoms with E-state index >= 15 is 0 Å². The summed E-state index contributed by atoms with van der Waals surface area (Å²) in [5.41, 5.74) is 8.70. The Balaban J connectivity index is 2.12. The first-order valence-electron chi connectivity index (χ1n) is 8.22. The predicted molar refractivity (Wildman–Crippen MR) is 101 cm³/mol. The van der Waals surface area contributed by atoms with Gasteiger partial charge in [0, 0.05) is 32.4 Å². The van der Waals surface area contributed by atoms with E-state index in [0.29, 0.717) is 24.1 Å². The minimum atomic E-state index is 0.475. The van der Waals surface area contributed by atoms with Crippen molar-refractivity contribution in [1.82, 2.24) is 25.2 Å². The lowest BCUT2D eigenvalue weighted by molar-refractivity contribution is 0.126.